The molecule has 2 atom stereocenters. The minimum atomic E-state index is -0.723. The lowest BCUT2D eigenvalue weighted by molar-refractivity contribution is -0.142. The van der Waals surface area contributed by atoms with Gasteiger partial charge in [0.2, 0.25) is 0 Å². The van der Waals surface area contributed by atoms with Crippen molar-refractivity contribution in [1.82, 2.24) is 4.90 Å². The Bertz CT molecular complexity index is 232. The van der Waals surface area contributed by atoms with E-state index in [1.807, 2.05) is 0 Å². The average Bonchev–Trinajstić information content (AvgIpc) is 2.18. The molecule has 1 heterocycles. The average molecular weight is 215 g/mol. The van der Waals surface area contributed by atoms with Gasteiger partial charge in [-0.3, -0.25) is 9.69 Å². The van der Waals surface area contributed by atoms with Crippen molar-refractivity contribution in [1.29, 1.82) is 0 Å². The van der Waals surface area contributed by atoms with E-state index < -0.39 is 5.97 Å². The van der Waals surface area contributed by atoms with E-state index in [4.69, 9.17) is 9.84 Å². The Balaban J connectivity index is 2.46. The minimum Gasteiger partial charge on any atom is -0.481 e. The first-order valence-corrected chi connectivity index (χ1v) is 5.47. The van der Waals surface area contributed by atoms with Crippen LogP contribution >= 0.6 is 0 Å². The summed E-state index contributed by atoms with van der Waals surface area (Å²) in [7, 11) is 1.73. The molecule has 1 saturated heterocycles. The number of aliphatic carboxylic acids is 1. The highest BCUT2D eigenvalue weighted by Crippen LogP contribution is 2.24. The summed E-state index contributed by atoms with van der Waals surface area (Å²) in [5.41, 5.74) is -0.101. The van der Waals surface area contributed by atoms with Crippen LogP contribution in [0.15, 0.2) is 0 Å². The monoisotopic (exact) mass is 215 g/mol. The van der Waals surface area contributed by atoms with Gasteiger partial charge in [0.1, 0.15) is 0 Å². The van der Waals surface area contributed by atoms with Gasteiger partial charge in [-0.25, -0.2) is 0 Å². The summed E-state index contributed by atoms with van der Waals surface area (Å²) in [5, 5.41) is 8.84. The Labute approximate surface area is 91.2 Å². The Morgan fingerprint density at radius 1 is 1.67 bits per heavy atom. The fourth-order valence-electron chi connectivity index (χ4n) is 2.10. The smallest absolute Gasteiger partial charge is 0.307 e. The molecule has 1 aliphatic rings. The normalized spacial score (nSPS) is 30.1. The van der Waals surface area contributed by atoms with E-state index >= 15 is 0 Å². The van der Waals surface area contributed by atoms with E-state index in [1.165, 1.54) is 0 Å². The fraction of sp³-hybridized carbons (Fsp3) is 0.909. The third kappa shape index (κ3) is 3.47. The van der Waals surface area contributed by atoms with Crippen LogP contribution in [-0.4, -0.2) is 48.3 Å². The molecule has 0 aromatic heterocycles. The zero-order chi connectivity index (χ0) is 11.5. The van der Waals surface area contributed by atoms with E-state index in [9.17, 15) is 4.79 Å². The maximum Gasteiger partial charge on any atom is 0.307 e. The lowest BCUT2D eigenvalue weighted by Gasteiger charge is -2.40. The second-order valence-electron chi connectivity index (χ2n) is 4.73. The highest BCUT2D eigenvalue weighted by atomic mass is 16.5. The molecule has 1 N–H and O–H groups in total. The number of piperidine rings is 1. The van der Waals surface area contributed by atoms with Gasteiger partial charge in [-0.15, -0.1) is 0 Å². The van der Waals surface area contributed by atoms with Crippen LogP contribution in [0.4, 0.5) is 0 Å². The van der Waals surface area contributed by atoms with Crippen molar-refractivity contribution in [2.45, 2.75) is 32.3 Å². The van der Waals surface area contributed by atoms with Gasteiger partial charge in [0.05, 0.1) is 11.5 Å². The second-order valence-corrected chi connectivity index (χ2v) is 4.73. The number of carboxylic acids is 1. The maximum atomic E-state index is 10.7. The van der Waals surface area contributed by atoms with Crippen LogP contribution in [0.3, 0.4) is 0 Å². The van der Waals surface area contributed by atoms with Gasteiger partial charge < -0.3 is 9.84 Å². The Morgan fingerprint density at radius 2 is 2.33 bits per heavy atom. The molecule has 0 bridgehead atoms. The minimum absolute atomic E-state index is 0.101. The van der Waals surface area contributed by atoms with Crippen LogP contribution in [0.2, 0.25) is 0 Å². The predicted molar refractivity (Wildman–Crippen MR) is 57.9 cm³/mol. The molecule has 0 aliphatic carbocycles. The SMILES string of the molecule is COC1(C)CCCN(CC(C)C(=O)O)C1. The summed E-state index contributed by atoms with van der Waals surface area (Å²) in [5.74, 6) is -1.02. The second kappa shape index (κ2) is 4.94. The zero-order valence-electron chi connectivity index (χ0n) is 9.82. The first-order valence-electron chi connectivity index (χ1n) is 5.47. The molecule has 1 aliphatic heterocycles. The van der Waals surface area contributed by atoms with Gasteiger partial charge in [0.15, 0.2) is 0 Å². The van der Waals surface area contributed by atoms with Gasteiger partial charge in [0, 0.05) is 20.2 Å². The highest BCUT2D eigenvalue weighted by Gasteiger charge is 2.31. The molecule has 0 amide bonds. The first kappa shape index (κ1) is 12.5. The molecule has 15 heavy (non-hydrogen) atoms. The molecule has 0 saturated carbocycles. The van der Waals surface area contributed by atoms with Gasteiger partial charge in [-0.2, -0.15) is 0 Å². The quantitative estimate of drug-likeness (QED) is 0.765. The Morgan fingerprint density at radius 3 is 2.87 bits per heavy atom. The topological polar surface area (TPSA) is 49.8 Å². The summed E-state index contributed by atoms with van der Waals surface area (Å²) in [6.45, 7) is 6.28. The third-order valence-electron chi connectivity index (χ3n) is 3.18. The molecular formula is C11H21NO3. The first-order chi connectivity index (χ1) is 6.97. The molecule has 0 aromatic rings. The predicted octanol–water partition coefficient (Wildman–Crippen LogP) is 1.21. The fourth-order valence-corrected chi connectivity index (χ4v) is 2.10. The lowest BCUT2D eigenvalue weighted by atomic mass is 9.94. The van der Waals surface area contributed by atoms with Crippen molar-refractivity contribution >= 4 is 5.97 Å². The molecule has 4 heteroatoms. The largest absolute Gasteiger partial charge is 0.481 e. The zero-order valence-corrected chi connectivity index (χ0v) is 9.82. The van der Waals surface area contributed by atoms with Crippen LogP contribution in [0.25, 0.3) is 0 Å². The summed E-state index contributed by atoms with van der Waals surface area (Å²) in [6.07, 6.45) is 2.14. The number of hydrogen-bond acceptors (Lipinski definition) is 3. The maximum absolute atomic E-state index is 10.7. The molecular weight excluding hydrogens is 194 g/mol. The molecule has 1 fully saturated rings. The molecule has 0 radical (unpaired) electrons. The van der Waals surface area contributed by atoms with E-state index in [0.29, 0.717) is 6.54 Å². The van der Waals surface area contributed by atoms with Gasteiger partial charge in [-0.1, -0.05) is 6.92 Å². The Hall–Kier alpha value is -0.610. The number of carbonyl (C=O) groups is 1. The molecule has 4 nitrogen and oxygen atoms in total. The van der Waals surface area contributed by atoms with Crippen LogP contribution < -0.4 is 0 Å². The molecule has 0 spiro atoms. The van der Waals surface area contributed by atoms with Gasteiger partial charge >= 0.3 is 5.97 Å². The Kier molecular flexibility index (Phi) is 4.11. The van der Waals surface area contributed by atoms with Crippen molar-refractivity contribution in [3.63, 3.8) is 0 Å². The van der Waals surface area contributed by atoms with E-state index in [-0.39, 0.29) is 11.5 Å². The number of methoxy groups -OCH3 is 1. The molecule has 2 unspecified atom stereocenters. The summed E-state index contributed by atoms with van der Waals surface area (Å²) >= 11 is 0. The van der Waals surface area contributed by atoms with Crippen molar-refractivity contribution in [2.24, 2.45) is 5.92 Å². The molecule has 1 rings (SSSR count). The number of nitrogens with zero attached hydrogens (tertiary/aromatic N) is 1. The van der Waals surface area contributed by atoms with E-state index in [1.54, 1.807) is 14.0 Å². The molecule has 88 valence electrons. The number of ether oxygens (including phenoxy) is 1. The van der Waals surface area contributed by atoms with Crippen molar-refractivity contribution in [2.75, 3.05) is 26.7 Å². The lowest BCUT2D eigenvalue weighted by Crippen LogP contribution is -2.49. The van der Waals surface area contributed by atoms with Gasteiger partial charge in [-0.05, 0) is 26.3 Å². The van der Waals surface area contributed by atoms with Crippen molar-refractivity contribution < 1.29 is 14.6 Å². The summed E-state index contributed by atoms with van der Waals surface area (Å²) in [4.78, 5) is 12.9. The highest BCUT2D eigenvalue weighted by molar-refractivity contribution is 5.69. The molecule has 0 aromatic carbocycles. The number of carboxylic acid groups (broad SMARTS) is 1. The third-order valence-corrected chi connectivity index (χ3v) is 3.18. The van der Waals surface area contributed by atoms with E-state index in [2.05, 4.69) is 11.8 Å². The van der Waals surface area contributed by atoms with E-state index in [0.717, 1.165) is 25.9 Å². The van der Waals surface area contributed by atoms with Crippen molar-refractivity contribution in [3.05, 3.63) is 0 Å². The number of likely N-dealkylation sites (tertiary alicyclic amines) is 1. The summed E-state index contributed by atoms with van der Waals surface area (Å²) in [6, 6.07) is 0. The number of hydrogen-bond donors (Lipinski definition) is 1. The van der Waals surface area contributed by atoms with Crippen LogP contribution in [0.5, 0.6) is 0 Å². The van der Waals surface area contributed by atoms with Gasteiger partial charge in [0.25, 0.3) is 0 Å². The summed E-state index contributed by atoms with van der Waals surface area (Å²) < 4.78 is 5.46. The number of rotatable bonds is 4. The standard InChI is InChI=1S/C11H21NO3/c1-9(10(13)14)7-12-6-4-5-11(2,8-12)15-3/h9H,4-8H2,1-3H3,(H,13,14). The van der Waals surface area contributed by atoms with Crippen molar-refractivity contribution in [3.8, 4) is 0 Å². The van der Waals surface area contributed by atoms with Crippen LogP contribution in [-0.2, 0) is 9.53 Å². The van der Waals surface area contributed by atoms with Crippen LogP contribution in [0.1, 0.15) is 26.7 Å². The van der Waals surface area contributed by atoms with Crippen LogP contribution in [0, 0.1) is 5.92 Å².